The topological polar surface area (TPSA) is 62.2 Å². The molecule has 0 amide bonds. The number of hydrogen-bond donors (Lipinski definition) is 2. The molecule has 3 aromatic rings. The van der Waals surface area contributed by atoms with Crippen molar-refractivity contribution in [1.82, 2.24) is 4.90 Å². The Morgan fingerprint density at radius 2 is 1.25 bits per heavy atom. The van der Waals surface area contributed by atoms with Crippen LogP contribution in [0.2, 0.25) is 0 Å². The number of rotatable bonds is 8. The van der Waals surface area contributed by atoms with Crippen LogP contribution < -0.4 is 9.47 Å². The molecule has 0 bridgehead atoms. The molecule has 0 spiro atoms. The lowest BCUT2D eigenvalue weighted by atomic mass is 9.97. The number of aryl methyl sites for hydroxylation is 2. The maximum absolute atomic E-state index is 13.5. The van der Waals surface area contributed by atoms with Crippen molar-refractivity contribution in [2.24, 2.45) is 0 Å². The average Bonchev–Trinajstić information content (AvgIpc) is 2.88. The van der Waals surface area contributed by atoms with Crippen LogP contribution in [0.3, 0.4) is 0 Å². The molecule has 0 aromatic heterocycles. The highest BCUT2D eigenvalue weighted by Gasteiger charge is 2.32. The van der Waals surface area contributed by atoms with Crippen molar-refractivity contribution in [3.63, 3.8) is 0 Å². The van der Waals surface area contributed by atoms with E-state index in [9.17, 15) is 19.0 Å². The van der Waals surface area contributed by atoms with Gasteiger partial charge in [-0.1, -0.05) is 30.3 Å². The fraction of sp³-hybridized carbons (Fsp3) is 0.379. The zero-order chi connectivity index (χ0) is 25.1. The second kappa shape index (κ2) is 10.9. The van der Waals surface area contributed by atoms with Crippen LogP contribution in [0.1, 0.15) is 29.5 Å². The summed E-state index contributed by atoms with van der Waals surface area (Å²) in [6, 6.07) is 18.8. The lowest BCUT2D eigenvalue weighted by Gasteiger charge is -2.35. The lowest BCUT2D eigenvalue weighted by Crippen LogP contribution is -2.48. The van der Waals surface area contributed by atoms with Crippen molar-refractivity contribution in [1.29, 1.82) is 0 Å². The smallest absolute Gasteiger partial charge is 0.126 e. The number of ether oxygens (including phenoxy) is 2. The molecule has 190 valence electrons. The van der Waals surface area contributed by atoms with Gasteiger partial charge in [0.2, 0.25) is 0 Å². The summed E-state index contributed by atoms with van der Waals surface area (Å²) >= 11 is 0. The van der Waals surface area contributed by atoms with Crippen molar-refractivity contribution in [2.45, 2.75) is 56.6 Å². The molecule has 36 heavy (non-hydrogen) atoms. The minimum Gasteiger partial charge on any atom is -0.487 e. The fourth-order valence-electron chi connectivity index (χ4n) is 5.11. The summed E-state index contributed by atoms with van der Waals surface area (Å²) in [6.07, 6.45) is -0.0167. The Balaban J connectivity index is 1.26. The largest absolute Gasteiger partial charge is 0.487 e. The third-order valence-electron chi connectivity index (χ3n) is 7.00. The molecular weight excluding hydrogens is 464 g/mol. The van der Waals surface area contributed by atoms with Gasteiger partial charge in [0.05, 0.1) is 0 Å². The van der Waals surface area contributed by atoms with Gasteiger partial charge in [-0.15, -0.1) is 0 Å². The van der Waals surface area contributed by atoms with E-state index in [-0.39, 0.29) is 11.6 Å². The van der Waals surface area contributed by atoms with E-state index in [0.717, 1.165) is 16.7 Å². The molecule has 2 aliphatic rings. The van der Waals surface area contributed by atoms with Crippen LogP contribution in [0, 0.1) is 11.6 Å². The van der Waals surface area contributed by atoms with Gasteiger partial charge in [0.25, 0.3) is 0 Å². The summed E-state index contributed by atoms with van der Waals surface area (Å²) in [5.41, 5.74) is 2.68. The van der Waals surface area contributed by atoms with Crippen LogP contribution in [-0.2, 0) is 19.4 Å². The summed E-state index contributed by atoms with van der Waals surface area (Å²) in [5.74, 6) is 0.619. The monoisotopic (exact) mass is 495 g/mol. The van der Waals surface area contributed by atoms with E-state index >= 15 is 0 Å². The lowest BCUT2D eigenvalue weighted by molar-refractivity contribution is -0.0295. The summed E-state index contributed by atoms with van der Waals surface area (Å²) in [7, 11) is 0. The number of nitrogens with zero attached hydrogens (tertiary/aromatic N) is 1. The highest BCUT2D eigenvalue weighted by Crippen LogP contribution is 2.31. The molecule has 5 rings (SSSR count). The van der Waals surface area contributed by atoms with Gasteiger partial charge >= 0.3 is 0 Å². The number of halogens is 2. The Bertz CT molecular complexity index is 1100. The Morgan fingerprint density at radius 3 is 1.75 bits per heavy atom. The minimum atomic E-state index is -0.796. The molecule has 0 radical (unpaired) electrons. The Hall–Kier alpha value is -3.00. The van der Waals surface area contributed by atoms with E-state index < -0.39 is 24.4 Å². The number of fused-ring (bicyclic) bond motifs is 2. The van der Waals surface area contributed by atoms with Gasteiger partial charge in [-0.05, 0) is 78.8 Å². The molecule has 0 saturated heterocycles. The molecule has 5 nitrogen and oxygen atoms in total. The second-order valence-corrected chi connectivity index (χ2v) is 9.71. The quantitative estimate of drug-likeness (QED) is 0.489. The first kappa shape index (κ1) is 24.7. The number of aliphatic hydroxyl groups excluding tert-OH is 2. The molecule has 0 saturated carbocycles. The highest BCUT2D eigenvalue weighted by molar-refractivity contribution is 5.37. The van der Waals surface area contributed by atoms with E-state index in [1.165, 1.54) is 24.3 Å². The standard InChI is InChI=1S/C29H31F2NO4/c30-22-8-12-26-20(14-22)6-10-28(35-26)24(33)17-32(16-19-4-2-1-3-5-19)18-25(34)29-11-7-21-15-23(31)9-13-27(21)36-29/h1-5,8-9,12-15,24-25,28-29,33-34H,6-7,10-11,16-18H2/t24-,25-,28+,29+/m0/s1. The summed E-state index contributed by atoms with van der Waals surface area (Å²) in [5, 5.41) is 22.2. The minimum absolute atomic E-state index is 0.293. The van der Waals surface area contributed by atoms with E-state index in [1.807, 2.05) is 35.2 Å². The molecule has 0 fully saturated rings. The van der Waals surface area contributed by atoms with Gasteiger partial charge in [-0.3, -0.25) is 4.90 Å². The average molecular weight is 496 g/mol. The molecular formula is C29H31F2NO4. The predicted molar refractivity (Wildman–Crippen MR) is 132 cm³/mol. The Kier molecular flexibility index (Phi) is 7.51. The van der Waals surface area contributed by atoms with E-state index in [4.69, 9.17) is 9.47 Å². The maximum Gasteiger partial charge on any atom is 0.126 e. The maximum atomic E-state index is 13.5. The molecule has 7 heteroatoms. The van der Waals surface area contributed by atoms with Gasteiger partial charge in [-0.25, -0.2) is 8.78 Å². The summed E-state index contributed by atoms with van der Waals surface area (Å²) in [4.78, 5) is 2.01. The van der Waals surface area contributed by atoms with Crippen molar-refractivity contribution in [3.8, 4) is 11.5 Å². The first-order valence-electron chi connectivity index (χ1n) is 12.5. The van der Waals surface area contributed by atoms with E-state index in [0.29, 0.717) is 56.8 Å². The molecule has 0 unspecified atom stereocenters. The van der Waals surface area contributed by atoms with Crippen LogP contribution >= 0.6 is 0 Å². The van der Waals surface area contributed by atoms with Gasteiger partial charge in [0, 0.05) is 19.6 Å². The summed E-state index contributed by atoms with van der Waals surface area (Å²) in [6.45, 7) is 1.13. The van der Waals surface area contributed by atoms with E-state index in [2.05, 4.69) is 0 Å². The number of benzene rings is 3. The van der Waals surface area contributed by atoms with Crippen LogP contribution in [0.25, 0.3) is 0 Å². The zero-order valence-corrected chi connectivity index (χ0v) is 20.0. The van der Waals surface area contributed by atoms with Gasteiger partial charge < -0.3 is 19.7 Å². The molecule has 4 atom stereocenters. The first-order valence-corrected chi connectivity index (χ1v) is 12.5. The van der Waals surface area contributed by atoms with Crippen molar-refractivity contribution >= 4 is 0 Å². The zero-order valence-electron chi connectivity index (χ0n) is 20.0. The number of aliphatic hydroxyl groups is 2. The SMILES string of the molecule is O[C@@H](CN(Cc1ccccc1)C[C@H](O)[C@H]1CCc2cc(F)ccc2O1)[C@H]1CCc2cc(F)ccc2O1. The second-order valence-electron chi connectivity index (χ2n) is 9.71. The molecule has 2 aliphatic heterocycles. The van der Waals surface area contributed by atoms with Gasteiger partial charge in [-0.2, -0.15) is 0 Å². The van der Waals surface area contributed by atoms with Crippen LogP contribution in [0.15, 0.2) is 66.7 Å². The van der Waals surface area contributed by atoms with Gasteiger partial charge in [0.15, 0.2) is 0 Å². The predicted octanol–water partition coefficient (Wildman–Crippen LogP) is 4.28. The molecule has 2 heterocycles. The normalized spacial score (nSPS) is 20.6. The summed E-state index contributed by atoms with van der Waals surface area (Å²) < 4.78 is 39.1. The first-order chi connectivity index (χ1) is 17.4. The third-order valence-corrected chi connectivity index (χ3v) is 7.00. The van der Waals surface area contributed by atoms with Gasteiger partial charge in [0.1, 0.15) is 47.5 Å². The number of hydrogen-bond acceptors (Lipinski definition) is 5. The van der Waals surface area contributed by atoms with E-state index in [1.54, 1.807) is 12.1 Å². The molecule has 2 N–H and O–H groups in total. The van der Waals surface area contributed by atoms with Crippen molar-refractivity contribution in [2.75, 3.05) is 13.1 Å². The fourth-order valence-corrected chi connectivity index (χ4v) is 5.11. The Morgan fingerprint density at radius 1 is 0.750 bits per heavy atom. The van der Waals surface area contributed by atoms with Crippen molar-refractivity contribution in [3.05, 3.63) is 95.1 Å². The third kappa shape index (κ3) is 5.86. The van der Waals surface area contributed by atoms with Crippen LogP contribution in [0.5, 0.6) is 11.5 Å². The van der Waals surface area contributed by atoms with Crippen LogP contribution in [-0.4, -0.2) is 52.6 Å². The highest BCUT2D eigenvalue weighted by atomic mass is 19.1. The Labute approximate surface area is 209 Å². The van der Waals surface area contributed by atoms with Crippen molar-refractivity contribution < 1.29 is 28.5 Å². The molecule has 3 aromatic carbocycles. The van der Waals surface area contributed by atoms with Crippen LogP contribution in [0.4, 0.5) is 8.78 Å². The molecule has 0 aliphatic carbocycles.